The summed E-state index contributed by atoms with van der Waals surface area (Å²) in [5.41, 5.74) is 6.82. The number of nitrogens with one attached hydrogen (secondary N) is 1. The Bertz CT molecular complexity index is 217. The summed E-state index contributed by atoms with van der Waals surface area (Å²) in [5.74, 6) is 0. The van der Waals surface area contributed by atoms with Crippen molar-refractivity contribution in [3.63, 3.8) is 0 Å². The molecule has 0 fully saturated rings. The lowest BCUT2D eigenvalue weighted by molar-refractivity contribution is 0.146. The molecule has 1 atom stereocenters. The SMILES string of the molecule is C=C(C)C(N)CCCCNC(=O)OCCC. The minimum absolute atomic E-state index is 0.0760. The van der Waals surface area contributed by atoms with Crippen LogP contribution in [0.4, 0.5) is 4.79 Å². The molecule has 94 valence electrons. The van der Waals surface area contributed by atoms with Crippen LogP contribution in [-0.4, -0.2) is 25.3 Å². The van der Waals surface area contributed by atoms with Crippen molar-refractivity contribution >= 4 is 6.09 Å². The van der Waals surface area contributed by atoms with Crippen LogP contribution in [0.15, 0.2) is 12.2 Å². The third-order valence-corrected chi connectivity index (χ3v) is 2.28. The van der Waals surface area contributed by atoms with E-state index < -0.39 is 0 Å². The maximum atomic E-state index is 11.0. The molecular formula is C12H24N2O2. The number of carbonyl (C=O) groups is 1. The highest BCUT2D eigenvalue weighted by atomic mass is 16.5. The van der Waals surface area contributed by atoms with E-state index >= 15 is 0 Å². The van der Waals surface area contributed by atoms with Gasteiger partial charge in [0, 0.05) is 12.6 Å². The molecule has 0 spiro atoms. The summed E-state index contributed by atoms with van der Waals surface area (Å²) in [4.78, 5) is 11.0. The summed E-state index contributed by atoms with van der Waals surface area (Å²) in [6.07, 6.45) is 3.35. The highest BCUT2D eigenvalue weighted by Gasteiger charge is 2.03. The summed E-state index contributed by atoms with van der Waals surface area (Å²) < 4.78 is 4.87. The third-order valence-electron chi connectivity index (χ3n) is 2.28. The zero-order valence-corrected chi connectivity index (χ0v) is 10.4. The zero-order valence-electron chi connectivity index (χ0n) is 10.4. The molecule has 0 radical (unpaired) electrons. The first-order valence-electron chi connectivity index (χ1n) is 5.89. The van der Waals surface area contributed by atoms with Gasteiger partial charge in [-0.15, -0.1) is 0 Å². The van der Waals surface area contributed by atoms with Crippen LogP contribution in [0.2, 0.25) is 0 Å². The molecule has 0 saturated heterocycles. The van der Waals surface area contributed by atoms with Gasteiger partial charge in [0.25, 0.3) is 0 Å². The number of carbonyl (C=O) groups excluding carboxylic acids is 1. The predicted octanol–water partition coefficient (Wildman–Crippen LogP) is 2.20. The number of hydrogen-bond donors (Lipinski definition) is 2. The second kappa shape index (κ2) is 9.21. The van der Waals surface area contributed by atoms with Crippen LogP contribution in [0.3, 0.4) is 0 Å². The standard InChI is InChI=1S/C12H24N2O2/c1-4-9-16-12(15)14-8-6-5-7-11(13)10(2)3/h11H,2,4-9,13H2,1,3H3,(H,14,15). The van der Waals surface area contributed by atoms with E-state index in [2.05, 4.69) is 11.9 Å². The summed E-state index contributed by atoms with van der Waals surface area (Å²) in [7, 11) is 0. The highest BCUT2D eigenvalue weighted by molar-refractivity contribution is 5.66. The van der Waals surface area contributed by atoms with Gasteiger partial charge < -0.3 is 15.8 Å². The van der Waals surface area contributed by atoms with Crippen molar-refractivity contribution in [1.82, 2.24) is 5.32 Å². The topological polar surface area (TPSA) is 64.3 Å². The Hall–Kier alpha value is -1.03. The maximum Gasteiger partial charge on any atom is 0.407 e. The Balaban J connectivity index is 3.33. The molecule has 0 aromatic rings. The molecule has 0 aromatic carbocycles. The van der Waals surface area contributed by atoms with E-state index in [1.807, 2.05) is 13.8 Å². The molecule has 0 bridgehead atoms. The van der Waals surface area contributed by atoms with Gasteiger partial charge in [0.1, 0.15) is 0 Å². The van der Waals surface area contributed by atoms with E-state index in [1.54, 1.807) is 0 Å². The molecule has 0 rings (SSSR count). The van der Waals surface area contributed by atoms with E-state index in [0.29, 0.717) is 13.2 Å². The van der Waals surface area contributed by atoms with Crippen LogP contribution in [0.5, 0.6) is 0 Å². The van der Waals surface area contributed by atoms with Crippen molar-refractivity contribution in [2.75, 3.05) is 13.2 Å². The van der Waals surface area contributed by atoms with Crippen LogP contribution in [0.1, 0.15) is 39.5 Å². The fraction of sp³-hybridized carbons (Fsp3) is 0.750. The van der Waals surface area contributed by atoms with Gasteiger partial charge in [-0.25, -0.2) is 4.79 Å². The lowest BCUT2D eigenvalue weighted by atomic mass is 10.1. The molecule has 1 unspecified atom stereocenters. The number of ether oxygens (including phenoxy) is 1. The Kier molecular flexibility index (Phi) is 8.62. The number of rotatable bonds is 8. The van der Waals surface area contributed by atoms with Gasteiger partial charge in [-0.3, -0.25) is 0 Å². The first kappa shape index (κ1) is 15.0. The van der Waals surface area contributed by atoms with Crippen molar-refractivity contribution in [3.8, 4) is 0 Å². The van der Waals surface area contributed by atoms with Gasteiger partial charge in [-0.2, -0.15) is 0 Å². The maximum absolute atomic E-state index is 11.0. The van der Waals surface area contributed by atoms with Crippen LogP contribution in [0, 0.1) is 0 Å². The predicted molar refractivity (Wildman–Crippen MR) is 66.3 cm³/mol. The Labute approximate surface area is 98.2 Å². The van der Waals surface area contributed by atoms with E-state index in [4.69, 9.17) is 10.5 Å². The lowest BCUT2D eigenvalue weighted by Gasteiger charge is -2.10. The second-order valence-corrected chi connectivity index (χ2v) is 4.01. The van der Waals surface area contributed by atoms with Crippen molar-refractivity contribution in [2.24, 2.45) is 5.73 Å². The van der Waals surface area contributed by atoms with Gasteiger partial charge in [0.05, 0.1) is 6.61 Å². The largest absolute Gasteiger partial charge is 0.450 e. The normalized spacial score (nSPS) is 11.9. The van der Waals surface area contributed by atoms with Crippen molar-refractivity contribution in [3.05, 3.63) is 12.2 Å². The van der Waals surface area contributed by atoms with Crippen molar-refractivity contribution in [1.29, 1.82) is 0 Å². The van der Waals surface area contributed by atoms with E-state index in [-0.39, 0.29) is 12.1 Å². The average molecular weight is 228 g/mol. The van der Waals surface area contributed by atoms with E-state index in [9.17, 15) is 4.79 Å². The number of alkyl carbamates (subject to hydrolysis) is 1. The molecule has 0 saturated carbocycles. The lowest BCUT2D eigenvalue weighted by Crippen LogP contribution is -2.26. The van der Waals surface area contributed by atoms with E-state index in [0.717, 1.165) is 31.3 Å². The molecular weight excluding hydrogens is 204 g/mol. The second-order valence-electron chi connectivity index (χ2n) is 4.01. The van der Waals surface area contributed by atoms with Gasteiger partial charge in [-0.1, -0.05) is 19.1 Å². The summed E-state index contributed by atoms with van der Waals surface area (Å²) in [6.45, 7) is 8.82. The number of hydrogen-bond acceptors (Lipinski definition) is 3. The smallest absolute Gasteiger partial charge is 0.407 e. The molecule has 16 heavy (non-hydrogen) atoms. The van der Waals surface area contributed by atoms with Gasteiger partial charge in [0.2, 0.25) is 0 Å². The molecule has 1 amide bonds. The zero-order chi connectivity index (χ0) is 12.4. The summed E-state index contributed by atoms with van der Waals surface area (Å²) >= 11 is 0. The van der Waals surface area contributed by atoms with Crippen LogP contribution >= 0.6 is 0 Å². The molecule has 0 aliphatic heterocycles. The Morgan fingerprint density at radius 1 is 1.50 bits per heavy atom. The van der Waals surface area contributed by atoms with Crippen LogP contribution < -0.4 is 11.1 Å². The molecule has 0 heterocycles. The molecule has 0 aliphatic carbocycles. The third kappa shape index (κ3) is 8.29. The Morgan fingerprint density at radius 2 is 2.19 bits per heavy atom. The fourth-order valence-corrected chi connectivity index (χ4v) is 1.17. The van der Waals surface area contributed by atoms with Gasteiger partial charge in [0.15, 0.2) is 0 Å². The Morgan fingerprint density at radius 3 is 2.75 bits per heavy atom. The number of amides is 1. The highest BCUT2D eigenvalue weighted by Crippen LogP contribution is 2.04. The minimum atomic E-state index is -0.328. The van der Waals surface area contributed by atoms with Crippen molar-refractivity contribution < 1.29 is 9.53 Å². The summed E-state index contributed by atoms with van der Waals surface area (Å²) in [6, 6.07) is 0.0760. The molecule has 4 heteroatoms. The first-order chi connectivity index (χ1) is 7.57. The van der Waals surface area contributed by atoms with Gasteiger partial charge in [-0.05, 0) is 32.6 Å². The molecule has 3 N–H and O–H groups in total. The fourth-order valence-electron chi connectivity index (χ4n) is 1.17. The summed E-state index contributed by atoms with van der Waals surface area (Å²) in [5, 5.41) is 2.70. The van der Waals surface area contributed by atoms with Crippen molar-refractivity contribution in [2.45, 2.75) is 45.6 Å². The monoisotopic (exact) mass is 228 g/mol. The van der Waals surface area contributed by atoms with Crippen LogP contribution in [0.25, 0.3) is 0 Å². The average Bonchev–Trinajstić information content (AvgIpc) is 2.25. The number of unbranched alkanes of at least 4 members (excludes halogenated alkanes) is 1. The van der Waals surface area contributed by atoms with Crippen LogP contribution in [-0.2, 0) is 4.74 Å². The molecule has 4 nitrogen and oxygen atoms in total. The van der Waals surface area contributed by atoms with Gasteiger partial charge >= 0.3 is 6.09 Å². The quantitative estimate of drug-likeness (QED) is 0.494. The first-order valence-corrected chi connectivity index (χ1v) is 5.89. The number of nitrogens with two attached hydrogens (primary N) is 1. The molecule has 0 aromatic heterocycles. The van der Waals surface area contributed by atoms with E-state index in [1.165, 1.54) is 0 Å². The minimum Gasteiger partial charge on any atom is -0.450 e. The molecule has 0 aliphatic rings.